The molecule has 0 aromatic rings. The summed E-state index contributed by atoms with van der Waals surface area (Å²) in [6.45, 7) is 5.84. The Morgan fingerprint density at radius 3 is 2.61 bits per heavy atom. The van der Waals surface area contributed by atoms with Crippen molar-refractivity contribution < 1.29 is 13.2 Å². The standard InChI is InChI=1S/C12H26N2O3S/c1-11(2)6-5-7-12-10-14(8-9-17-12)18(15,16)13(3)4/h11-12H,5-10H2,1-4H3/t12-/m1/s1. The maximum atomic E-state index is 12.0. The summed E-state index contributed by atoms with van der Waals surface area (Å²) in [5.41, 5.74) is 0. The molecule has 6 heteroatoms. The zero-order valence-electron chi connectivity index (χ0n) is 11.9. The molecule has 108 valence electrons. The van der Waals surface area contributed by atoms with Crippen LogP contribution in [0.15, 0.2) is 0 Å². The van der Waals surface area contributed by atoms with Crippen molar-refractivity contribution in [3.63, 3.8) is 0 Å². The van der Waals surface area contributed by atoms with Gasteiger partial charge in [-0.3, -0.25) is 0 Å². The maximum Gasteiger partial charge on any atom is 0.281 e. The zero-order chi connectivity index (χ0) is 13.8. The van der Waals surface area contributed by atoms with E-state index in [0.717, 1.165) is 12.8 Å². The SMILES string of the molecule is CC(C)CCC[C@@H]1CN(S(=O)(=O)N(C)C)CCO1. The van der Waals surface area contributed by atoms with Gasteiger partial charge >= 0.3 is 0 Å². The first kappa shape index (κ1) is 15.9. The fraction of sp³-hybridized carbons (Fsp3) is 1.00. The molecular formula is C12H26N2O3S. The number of rotatable bonds is 6. The number of nitrogens with zero attached hydrogens (tertiary/aromatic N) is 2. The van der Waals surface area contributed by atoms with Crippen LogP contribution in [0.1, 0.15) is 33.1 Å². The van der Waals surface area contributed by atoms with Crippen LogP contribution in [0.4, 0.5) is 0 Å². The smallest absolute Gasteiger partial charge is 0.281 e. The van der Waals surface area contributed by atoms with E-state index in [1.54, 1.807) is 14.1 Å². The molecule has 0 aromatic heterocycles. The molecule has 0 aliphatic carbocycles. The van der Waals surface area contributed by atoms with E-state index in [1.165, 1.54) is 15.0 Å². The molecule has 0 N–H and O–H groups in total. The van der Waals surface area contributed by atoms with Gasteiger partial charge in [-0.2, -0.15) is 17.0 Å². The molecule has 1 saturated heterocycles. The molecule has 1 fully saturated rings. The van der Waals surface area contributed by atoms with E-state index >= 15 is 0 Å². The van der Waals surface area contributed by atoms with Crippen molar-refractivity contribution in [1.82, 2.24) is 8.61 Å². The van der Waals surface area contributed by atoms with Gasteiger partial charge in [-0.1, -0.05) is 26.7 Å². The topological polar surface area (TPSA) is 49.9 Å². The van der Waals surface area contributed by atoms with Gasteiger partial charge in [-0.05, 0) is 12.3 Å². The highest BCUT2D eigenvalue weighted by molar-refractivity contribution is 7.86. The average Bonchev–Trinajstić information content (AvgIpc) is 2.28. The summed E-state index contributed by atoms with van der Waals surface area (Å²) < 4.78 is 32.5. The Labute approximate surface area is 111 Å². The van der Waals surface area contributed by atoms with Gasteiger partial charge in [0.2, 0.25) is 0 Å². The Morgan fingerprint density at radius 1 is 1.39 bits per heavy atom. The van der Waals surface area contributed by atoms with Crippen molar-refractivity contribution >= 4 is 10.2 Å². The van der Waals surface area contributed by atoms with E-state index in [4.69, 9.17) is 4.74 Å². The molecule has 0 radical (unpaired) electrons. The molecule has 1 heterocycles. The Bertz CT molecular complexity index is 341. The summed E-state index contributed by atoms with van der Waals surface area (Å²) in [5.74, 6) is 0.690. The predicted octanol–water partition coefficient (Wildman–Crippen LogP) is 1.32. The van der Waals surface area contributed by atoms with Crippen LogP contribution in [-0.2, 0) is 14.9 Å². The van der Waals surface area contributed by atoms with E-state index in [-0.39, 0.29) is 6.10 Å². The van der Waals surface area contributed by atoms with Gasteiger partial charge < -0.3 is 4.74 Å². The Hall–Kier alpha value is -0.170. The minimum absolute atomic E-state index is 0.0484. The normalized spacial score (nSPS) is 22.9. The van der Waals surface area contributed by atoms with E-state index in [1.807, 2.05) is 0 Å². The lowest BCUT2D eigenvalue weighted by Crippen LogP contribution is -2.49. The predicted molar refractivity (Wildman–Crippen MR) is 72.6 cm³/mol. The molecular weight excluding hydrogens is 252 g/mol. The number of morpholine rings is 1. The lowest BCUT2D eigenvalue weighted by molar-refractivity contribution is -0.00831. The van der Waals surface area contributed by atoms with E-state index in [2.05, 4.69) is 13.8 Å². The summed E-state index contributed by atoms with van der Waals surface area (Å²) in [5, 5.41) is 0. The molecule has 1 aliphatic rings. The second-order valence-electron chi connectivity index (χ2n) is 5.47. The fourth-order valence-electron chi connectivity index (χ4n) is 2.06. The minimum atomic E-state index is -3.29. The van der Waals surface area contributed by atoms with Crippen molar-refractivity contribution in [3.05, 3.63) is 0 Å². The quantitative estimate of drug-likeness (QED) is 0.736. The molecule has 0 spiro atoms. The number of ether oxygens (including phenoxy) is 1. The van der Waals surface area contributed by atoms with Crippen LogP contribution in [0.2, 0.25) is 0 Å². The highest BCUT2D eigenvalue weighted by Gasteiger charge is 2.30. The van der Waals surface area contributed by atoms with Gasteiger partial charge in [0.1, 0.15) is 0 Å². The van der Waals surface area contributed by atoms with Crippen molar-refractivity contribution in [1.29, 1.82) is 0 Å². The van der Waals surface area contributed by atoms with Crippen molar-refractivity contribution in [2.75, 3.05) is 33.8 Å². The third-order valence-corrected chi connectivity index (χ3v) is 5.10. The molecule has 1 rings (SSSR count). The Morgan fingerprint density at radius 2 is 2.06 bits per heavy atom. The highest BCUT2D eigenvalue weighted by Crippen LogP contribution is 2.17. The number of hydrogen-bond acceptors (Lipinski definition) is 3. The molecule has 0 amide bonds. The van der Waals surface area contributed by atoms with Gasteiger partial charge in [-0.25, -0.2) is 0 Å². The first-order valence-corrected chi connectivity index (χ1v) is 8.03. The average molecular weight is 278 g/mol. The third kappa shape index (κ3) is 4.50. The highest BCUT2D eigenvalue weighted by atomic mass is 32.2. The molecule has 5 nitrogen and oxygen atoms in total. The number of hydrogen-bond donors (Lipinski definition) is 0. The van der Waals surface area contributed by atoms with Gasteiger partial charge in [0.15, 0.2) is 0 Å². The van der Waals surface area contributed by atoms with Gasteiger partial charge in [0, 0.05) is 27.2 Å². The summed E-state index contributed by atoms with van der Waals surface area (Å²) in [4.78, 5) is 0. The van der Waals surface area contributed by atoms with Crippen LogP contribution in [0.3, 0.4) is 0 Å². The van der Waals surface area contributed by atoms with Crippen LogP contribution < -0.4 is 0 Å². The fourth-order valence-corrected chi connectivity index (χ4v) is 3.18. The van der Waals surface area contributed by atoms with Crippen molar-refractivity contribution in [3.8, 4) is 0 Å². The first-order valence-electron chi connectivity index (χ1n) is 6.63. The van der Waals surface area contributed by atoms with Crippen molar-refractivity contribution in [2.24, 2.45) is 5.92 Å². The summed E-state index contributed by atoms with van der Waals surface area (Å²) in [7, 11) is -0.152. The molecule has 0 aromatic carbocycles. The second-order valence-corrected chi connectivity index (χ2v) is 7.61. The second kappa shape index (κ2) is 6.84. The largest absolute Gasteiger partial charge is 0.375 e. The molecule has 0 bridgehead atoms. The minimum Gasteiger partial charge on any atom is -0.375 e. The zero-order valence-corrected chi connectivity index (χ0v) is 12.7. The lowest BCUT2D eigenvalue weighted by Gasteiger charge is -2.33. The van der Waals surface area contributed by atoms with Gasteiger partial charge in [0.05, 0.1) is 12.7 Å². The molecule has 18 heavy (non-hydrogen) atoms. The first-order chi connectivity index (χ1) is 8.34. The van der Waals surface area contributed by atoms with Crippen LogP contribution in [0.5, 0.6) is 0 Å². The van der Waals surface area contributed by atoms with Crippen molar-refractivity contribution in [2.45, 2.75) is 39.2 Å². The molecule has 0 unspecified atom stereocenters. The summed E-state index contributed by atoms with van der Waals surface area (Å²) >= 11 is 0. The maximum absolute atomic E-state index is 12.0. The van der Waals surface area contributed by atoms with E-state index in [0.29, 0.717) is 25.6 Å². The van der Waals surface area contributed by atoms with Gasteiger partial charge in [-0.15, -0.1) is 0 Å². The summed E-state index contributed by atoms with van der Waals surface area (Å²) in [6.07, 6.45) is 3.25. The molecule has 1 atom stereocenters. The Balaban J connectivity index is 2.46. The van der Waals surface area contributed by atoms with Crippen LogP contribution in [0, 0.1) is 5.92 Å². The Kier molecular flexibility index (Phi) is 6.04. The molecule has 0 saturated carbocycles. The van der Waals surface area contributed by atoms with E-state index < -0.39 is 10.2 Å². The monoisotopic (exact) mass is 278 g/mol. The van der Waals surface area contributed by atoms with E-state index in [9.17, 15) is 8.42 Å². The summed E-state index contributed by atoms with van der Waals surface area (Å²) in [6, 6.07) is 0. The van der Waals surface area contributed by atoms with Gasteiger partial charge in [0.25, 0.3) is 10.2 Å². The van der Waals surface area contributed by atoms with Crippen LogP contribution in [0.25, 0.3) is 0 Å². The lowest BCUT2D eigenvalue weighted by atomic mass is 10.0. The van der Waals surface area contributed by atoms with Crippen LogP contribution >= 0.6 is 0 Å². The van der Waals surface area contributed by atoms with Crippen LogP contribution in [-0.4, -0.2) is 56.9 Å². The molecule has 1 aliphatic heterocycles. The third-order valence-electron chi connectivity index (χ3n) is 3.20.